The topological polar surface area (TPSA) is 127 Å². The third-order valence-corrected chi connectivity index (χ3v) is 6.02. The summed E-state index contributed by atoms with van der Waals surface area (Å²) in [6, 6.07) is 21.0. The van der Waals surface area contributed by atoms with Crippen molar-refractivity contribution in [2.24, 2.45) is 5.10 Å². The van der Waals surface area contributed by atoms with Crippen LogP contribution < -0.4 is 20.2 Å². The van der Waals surface area contributed by atoms with Gasteiger partial charge in [0, 0.05) is 23.3 Å². The van der Waals surface area contributed by atoms with Crippen LogP contribution in [-0.4, -0.2) is 40.8 Å². The van der Waals surface area contributed by atoms with Crippen LogP contribution >= 0.6 is 11.6 Å². The van der Waals surface area contributed by atoms with E-state index in [9.17, 15) is 9.59 Å². The lowest BCUT2D eigenvalue weighted by molar-refractivity contribution is -0.123. The zero-order valence-electron chi connectivity index (χ0n) is 22.4. The number of carbonyl (C=O) groups is 2. The minimum Gasteiger partial charge on any atom is -0.490 e. The van der Waals surface area contributed by atoms with E-state index in [1.54, 1.807) is 36.5 Å². The predicted octanol–water partition coefficient (Wildman–Crippen LogP) is 5.03. The molecule has 0 spiro atoms. The number of nitrogens with zero attached hydrogens (tertiary/aromatic N) is 2. The number of aromatic nitrogens is 2. The van der Waals surface area contributed by atoms with Gasteiger partial charge in [-0.3, -0.25) is 4.79 Å². The summed E-state index contributed by atoms with van der Waals surface area (Å²) in [6.07, 6.45) is 3.98. The Morgan fingerprint density at radius 3 is 2.51 bits per heavy atom. The third kappa shape index (κ3) is 9.40. The summed E-state index contributed by atoms with van der Waals surface area (Å²) in [6.45, 7) is 2.74. The molecule has 11 heteroatoms. The molecule has 4 aromatic rings. The monoisotopic (exact) mass is 575 g/mol. The molecule has 0 unspecified atom stereocenters. The van der Waals surface area contributed by atoms with Gasteiger partial charge in [-0.05, 0) is 53.9 Å². The molecule has 10 nitrogen and oxygen atoms in total. The summed E-state index contributed by atoms with van der Waals surface area (Å²) in [5.74, 6) is 0.581. The van der Waals surface area contributed by atoms with Crippen molar-refractivity contribution in [1.82, 2.24) is 20.7 Å². The number of carbonyl (C=O) groups excluding carboxylic acids is 2. The van der Waals surface area contributed by atoms with Crippen LogP contribution in [0.25, 0.3) is 0 Å². The lowest BCUT2D eigenvalue weighted by Crippen LogP contribution is -2.47. The second-order valence-corrected chi connectivity index (χ2v) is 9.26. The van der Waals surface area contributed by atoms with Crippen molar-refractivity contribution in [2.75, 3.05) is 6.61 Å². The van der Waals surface area contributed by atoms with Crippen molar-refractivity contribution >= 4 is 29.8 Å². The largest absolute Gasteiger partial charge is 0.490 e. The second kappa shape index (κ2) is 15.1. The molecule has 1 aromatic heterocycles. The van der Waals surface area contributed by atoms with Crippen molar-refractivity contribution in [3.05, 3.63) is 113 Å². The van der Waals surface area contributed by atoms with Crippen molar-refractivity contribution < 1.29 is 23.8 Å². The lowest BCUT2D eigenvalue weighted by atomic mass is 10.1. The van der Waals surface area contributed by atoms with Gasteiger partial charge in [-0.25, -0.2) is 15.2 Å². The first-order valence-electron chi connectivity index (χ1n) is 12.9. The van der Waals surface area contributed by atoms with Crippen molar-refractivity contribution in [1.29, 1.82) is 0 Å². The van der Waals surface area contributed by atoms with Gasteiger partial charge in [-0.15, -0.1) is 0 Å². The van der Waals surface area contributed by atoms with Crippen LogP contribution in [0.3, 0.4) is 0 Å². The summed E-state index contributed by atoms with van der Waals surface area (Å²) >= 11 is 5.95. The molecule has 2 amide bonds. The van der Waals surface area contributed by atoms with E-state index in [1.807, 2.05) is 49.4 Å². The summed E-state index contributed by atoms with van der Waals surface area (Å²) in [5.41, 5.74) is 5.61. The van der Waals surface area contributed by atoms with Crippen molar-refractivity contribution in [2.45, 2.75) is 32.6 Å². The molecule has 41 heavy (non-hydrogen) atoms. The van der Waals surface area contributed by atoms with Gasteiger partial charge >= 0.3 is 6.09 Å². The average molecular weight is 576 g/mol. The van der Waals surface area contributed by atoms with E-state index in [2.05, 4.69) is 25.8 Å². The Balaban J connectivity index is 1.36. The molecule has 0 bridgehead atoms. The number of aromatic amines is 1. The number of imidazole rings is 1. The highest BCUT2D eigenvalue weighted by molar-refractivity contribution is 6.30. The molecule has 0 saturated heterocycles. The lowest BCUT2D eigenvalue weighted by Gasteiger charge is -2.16. The molecule has 0 aliphatic carbocycles. The fraction of sp³-hybridized carbons (Fsp3) is 0.200. The number of alkyl carbamates (subject to hydrolysis) is 1. The predicted molar refractivity (Wildman–Crippen MR) is 155 cm³/mol. The van der Waals surface area contributed by atoms with Gasteiger partial charge in [-0.1, -0.05) is 54.1 Å². The Bertz CT molecular complexity index is 1430. The molecule has 0 fully saturated rings. The van der Waals surface area contributed by atoms with Crippen LogP contribution in [0.4, 0.5) is 4.79 Å². The second-order valence-electron chi connectivity index (χ2n) is 8.83. The zero-order chi connectivity index (χ0) is 28.9. The van der Waals surface area contributed by atoms with E-state index in [0.29, 0.717) is 41.0 Å². The highest BCUT2D eigenvalue weighted by atomic mass is 35.5. The third-order valence-electron chi connectivity index (χ3n) is 5.76. The molecular weight excluding hydrogens is 546 g/mol. The maximum absolute atomic E-state index is 13.0. The van der Waals surface area contributed by atoms with Crippen molar-refractivity contribution in [3.63, 3.8) is 0 Å². The van der Waals surface area contributed by atoms with Crippen molar-refractivity contribution in [3.8, 4) is 11.5 Å². The molecule has 0 aliphatic rings. The molecular formula is C30H30ClN5O5. The summed E-state index contributed by atoms with van der Waals surface area (Å²) in [4.78, 5) is 32.3. The maximum Gasteiger partial charge on any atom is 0.408 e. The van der Waals surface area contributed by atoms with Crippen LogP contribution in [0.15, 0.2) is 90.4 Å². The van der Waals surface area contributed by atoms with E-state index >= 15 is 0 Å². The smallest absolute Gasteiger partial charge is 0.408 e. The number of halogens is 1. The quantitative estimate of drug-likeness (QED) is 0.152. The van der Waals surface area contributed by atoms with Gasteiger partial charge in [0.05, 0.1) is 19.1 Å². The van der Waals surface area contributed by atoms with Gasteiger partial charge < -0.3 is 24.5 Å². The first-order chi connectivity index (χ1) is 20.0. The van der Waals surface area contributed by atoms with E-state index in [4.69, 9.17) is 25.8 Å². The first-order valence-corrected chi connectivity index (χ1v) is 13.3. The number of rotatable bonds is 13. The zero-order valence-corrected chi connectivity index (χ0v) is 23.1. The van der Waals surface area contributed by atoms with E-state index in [0.717, 1.165) is 11.1 Å². The molecule has 1 heterocycles. The fourth-order valence-electron chi connectivity index (χ4n) is 3.72. The number of hydrogen-bond acceptors (Lipinski definition) is 7. The van der Waals surface area contributed by atoms with Gasteiger partial charge in [-0.2, -0.15) is 5.10 Å². The number of H-pyrrole nitrogens is 1. The maximum atomic E-state index is 13.0. The molecule has 1 atom stereocenters. The SMILES string of the molecule is CCOc1cc(/C=N\NC(=O)[C@@H](Cc2cnc[nH]2)NC(=O)OCc2ccccc2)ccc1OCc1ccc(Cl)cc1. The normalized spacial score (nSPS) is 11.6. The number of ether oxygens (including phenoxy) is 3. The van der Waals surface area contributed by atoms with Gasteiger partial charge in [0.25, 0.3) is 5.91 Å². The van der Waals surface area contributed by atoms with Gasteiger partial charge in [0.2, 0.25) is 0 Å². The van der Waals surface area contributed by atoms with Crippen LogP contribution in [0.5, 0.6) is 11.5 Å². The first kappa shape index (κ1) is 29.2. The standard InChI is InChI=1S/C30H30ClN5O5/c1-2-39-28-14-23(10-13-27(28)40-18-22-8-11-24(31)12-9-22)16-34-36-29(37)26(15-25-17-32-20-33-25)35-30(38)41-19-21-6-4-3-5-7-21/h3-14,16-17,20,26H,2,15,18-19H2,1H3,(H,32,33)(H,35,38)(H,36,37)/b34-16-/t26-/m1/s1. The molecule has 0 saturated carbocycles. The Hall–Kier alpha value is -4.83. The number of benzene rings is 3. The number of hydrazone groups is 1. The minimum absolute atomic E-state index is 0.0742. The highest BCUT2D eigenvalue weighted by Crippen LogP contribution is 2.29. The molecule has 0 radical (unpaired) electrons. The van der Waals surface area contributed by atoms with E-state index in [1.165, 1.54) is 12.5 Å². The number of nitrogens with one attached hydrogen (secondary N) is 3. The Morgan fingerprint density at radius 2 is 1.78 bits per heavy atom. The molecule has 212 valence electrons. The number of amides is 2. The van der Waals surface area contributed by atoms with Gasteiger partial charge in [0.1, 0.15) is 19.3 Å². The molecule has 4 rings (SSSR count). The average Bonchev–Trinajstić information content (AvgIpc) is 3.50. The Morgan fingerprint density at radius 1 is 1.00 bits per heavy atom. The minimum atomic E-state index is -0.960. The highest BCUT2D eigenvalue weighted by Gasteiger charge is 2.22. The van der Waals surface area contributed by atoms with Crippen LogP contribution in [0.1, 0.15) is 29.3 Å². The van der Waals surface area contributed by atoms with E-state index in [-0.39, 0.29) is 13.0 Å². The van der Waals surface area contributed by atoms with E-state index < -0.39 is 18.0 Å². The van der Waals surface area contributed by atoms with Crippen LogP contribution in [-0.2, 0) is 29.2 Å². The Labute approximate surface area is 242 Å². The Kier molecular flexibility index (Phi) is 10.7. The summed E-state index contributed by atoms with van der Waals surface area (Å²) < 4.78 is 17.0. The fourth-order valence-corrected chi connectivity index (χ4v) is 3.84. The molecule has 3 N–H and O–H groups in total. The van der Waals surface area contributed by atoms with Crippen LogP contribution in [0, 0.1) is 0 Å². The molecule has 3 aromatic carbocycles. The molecule has 0 aliphatic heterocycles. The number of hydrogen-bond donors (Lipinski definition) is 3. The van der Waals surface area contributed by atoms with Gasteiger partial charge in [0.15, 0.2) is 11.5 Å². The van der Waals surface area contributed by atoms with Crippen LogP contribution in [0.2, 0.25) is 5.02 Å². The summed E-state index contributed by atoms with van der Waals surface area (Å²) in [5, 5.41) is 7.33. The summed E-state index contributed by atoms with van der Waals surface area (Å²) in [7, 11) is 0.